The molecule has 2 aromatic heterocycles. The molecule has 3 aromatic carbocycles. The molecule has 1 amide bonds. The van der Waals surface area contributed by atoms with E-state index in [0.29, 0.717) is 40.0 Å². The number of aromatic nitrogens is 3. The van der Waals surface area contributed by atoms with Gasteiger partial charge in [0, 0.05) is 68.0 Å². The van der Waals surface area contributed by atoms with Crippen LogP contribution in [0.5, 0.6) is 11.5 Å². The maximum absolute atomic E-state index is 11.6. The molecule has 2 aliphatic rings. The Morgan fingerprint density at radius 3 is 2.28 bits per heavy atom. The number of aromatic carboxylic acids is 1. The Morgan fingerprint density at radius 2 is 1.70 bits per heavy atom. The van der Waals surface area contributed by atoms with Gasteiger partial charge in [-0.2, -0.15) is 4.73 Å². The molecule has 4 heterocycles. The first kappa shape index (κ1) is 40.1. The second kappa shape index (κ2) is 18.8. The summed E-state index contributed by atoms with van der Waals surface area (Å²) in [5, 5.41) is 27.1. The van der Waals surface area contributed by atoms with Crippen molar-refractivity contribution in [1.82, 2.24) is 19.2 Å². The first-order valence-corrected chi connectivity index (χ1v) is 17.9. The minimum Gasteiger partial charge on any atom is -0.507 e. The van der Waals surface area contributed by atoms with Crippen molar-refractivity contribution in [3.8, 4) is 11.5 Å². The number of aromatic hydroxyl groups is 1. The molecule has 2 fully saturated rings. The molecule has 0 bridgehead atoms. The second-order valence-corrected chi connectivity index (χ2v) is 13.4. The van der Waals surface area contributed by atoms with Crippen molar-refractivity contribution in [3.05, 3.63) is 136 Å². The van der Waals surface area contributed by atoms with E-state index in [9.17, 15) is 9.59 Å². The van der Waals surface area contributed by atoms with Gasteiger partial charge in [-0.05, 0) is 60.7 Å². The van der Waals surface area contributed by atoms with Gasteiger partial charge in [-0.1, -0.05) is 59.7 Å². The van der Waals surface area contributed by atoms with Crippen LogP contribution in [-0.4, -0.2) is 92.0 Å². The molecule has 16 heteroatoms. The smallest absolute Gasteiger partial charge is 0.339 e. The number of hydrogen-bond donors (Lipinski definition) is 3. The van der Waals surface area contributed by atoms with E-state index in [1.807, 2.05) is 46.0 Å². The number of carbonyl (C=O) groups excluding carboxylic acids is 1. The third-order valence-electron chi connectivity index (χ3n) is 8.45. The standard InChI is InChI=1S/C26H28Cl2N4O4.C7H6O3.C5H5NOS/c1-19(33)31-10-12-32(13-11-31)21-3-5-22(6-4-21)34-15-23-16-35-26(36-23,17-30-9-8-29-18-30)24-7-2-20(27)14-25(24)28;8-6-4-2-1-3-5(6)7(9)10;7-6-4-2-1-3-5(6)8/h2-9,14,18,23H,10-13,15-17H2,1H3;1-4,8H,(H,9,10);1-4,7H. The first-order chi connectivity index (χ1) is 25.9. The van der Waals surface area contributed by atoms with Gasteiger partial charge in [0.15, 0.2) is 0 Å². The van der Waals surface area contributed by atoms with E-state index in [-0.39, 0.29) is 23.3 Å². The molecule has 5 aromatic rings. The largest absolute Gasteiger partial charge is 0.507 e. The van der Waals surface area contributed by atoms with Crippen molar-refractivity contribution in [2.75, 3.05) is 44.3 Å². The highest BCUT2D eigenvalue weighted by Crippen LogP contribution is 2.40. The van der Waals surface area contributed by atoms with Crippen molar-refractivity contribution in [1.29, 1.82) is 0 Å². The van der Waals surface area contributed by atoms with Gasteiger partial charge in [-0.25, -0.2) is 9.78 Å². The number of nitrogens with zero attached hydrogens (tertiary/aromatic N) is 5. The van der Waals surface area contributed by atoms with Gasteiger partial charge in [0.05, 0.1) is 24.5 Å². The Labute approximate surface area is 327 Å². The molecule has 3 N–H and O–H groups in total. The quantitative estimate of drug-likeness (QED) is 0.113. The molecule has 0 spiro atoms. The summed E-state index contributed by atoms with van der Waals surface area (Å²) in [6.45, 7) is 5.80. The van der Waals surface area contributed by atoms with E-state index >= 15 is 0 Å². The number of rotatable bonds is 8. The monoisotopic (exact) mass is 795 g/mol. The lowest BCUT2D eigenvalue weighted by atomic mass is 10.1. The van der Waals surface area contributed by atoms with Gasteiger partial charge in [-0.15, -0.1) is 0 Å². The number of carboxylic acids is 1. The molecular weight excluding hydrogens is 757 g/mol. The van der Waals surface area contributed by atoms with E-state index in [0.717, 1.165) is 42.3 Å². The van der Waals surface area contributed by atoms with Crippen molar-refractivity contribution in [2.24, 2.45) is 0 Å². The second-order valence-electron chi connectivity index (χ2n) is 12.2. The van der Waals surface area contributed by atoms with Crippen LogP contribution in [0.2, 0.25) is 10.0 Å². The third-order valence-corrected chi connectivity index (χ3v) is 9.32. The zero-order valence-corrected chi connectivity index (χ0v) is 31.5. The van der Waals surface area contributed by atoms with Gasteiger partial charge >= 0.3 is 5.97 Å². The molecule has 0 aliphatic carbocycles. The SMILES string of the molecule is CC(=O)N1CCN(c2ccc(OCC3COC(Cn4ccnc4)(c4ccc(Cl)cc4Cl)O3)cc2)CC1.O=C(O)c1ccccc1O.On1ccccc1=S. The topological polar surface area (TPSA) is 152 Å². The molecular formula is C38H39Cl2N5O8S. The fourth-order valence-electron chi connectivity index (χ4n) is 5.67. The number of amides is 1. The number of halogens is 2. The normalized spacial score (nSPS) is 17.8. The summed E-state index contributed by atoms with van der Waals surface area (Å²) in [6.07, 6.45) is 6.47. The van der Waals surface area contributed by atoms with Crippen LogP contribution in [0, 0.1) is 4.64 Å². The molecule has 2 atom stereocenters. The summed E-state index contributed by atoms with van der Waals surface area (Å²) in [4.78, 5) is 30.1. The highest BCUT2D eigenvalue weighted by Gasteiger charge is 2.45. The number of anilines is 1. The number of hydrogen-bond acceptors (Lipinski definition) is 10. The lowest BCUT2D eigenvalue weighted by Gasteiger charge is -2.35. The van der Waals surface area contributed by atoms with Crippen LogP contribution in [0.15, 0.2) is 110 Å². The average molecular weight is 797 g/mol. The van der Waals surface area contributed by atoms with Crippen molar-refractivity contribution in [3.63, 3.8) is 0 Å². The number of pyridine rings is 1. The van der Waals surface area contributed by atoms with E-state index in [1.54, 1.807) is 61.9 Å². The number of ether oxygens (including phenoxy) is 3. The van der Waals surface area contributed by atoms with Gasteiger partial charge in [-0.3, -0.25) is 4.79 Å². The van der Waals surface area contributed by atoms with Crippen LogP contribution < -0.4 is 9.64 Å². The predicted molar refractivity (Wildman–Crippen MR) is 205 cm³/mol. The third kappa shape index (κ3) is 10.7. The van der Waals surface area contributed by atoms with Gasteiger partial charge in [0.2, 0.25) is 11.7 Å². The van der Waals surface area contributed by atoms with Crippen molar-refractivity contribution < 1.29 is 39.2 Å². The summed E-state index contributed by atoms with van der Waals surface area (Å²) < 4.78 is 21.9. The molecule has 54 heavy (non-hydrogen) atoms. The Bertz CT molecular complexity index is 2060. The van der Waals surface area contributed by atoms with Crippen molar-refractivity contribution >= 4 is 53.0 Å². The minimum absolute atomic E-state index is 0.0671. The maximum Gasteiger partial charge on any atom is 0.339 e. The van der Waals surface area contributed by atoms with Gasteiger partial charge in [0.25, 0.3) is 0 Å². The molecule has 7 rings (SSSR count). The summed E-state index contributed by atoms with van der Waals surface area (Å²) in [6, 6.07) is 24.2. The molecule has 13 nitrogen and oxygen atoms in total. The summed E-state index contributed by atoms with van der Waals surface area (Å²) in [7, 11) is 0. The lowest BCUT2D eigenvalue weighted by Crippen LogP contribution is -2.48. The van der Waals surface area contributed by atoms with Crippen LogP contribution in [0.1, 0.15) is 22.8 Å². The number of piperazine rings is 1. The van der Waals surface area contributed by atoms with E-state index in [1.165, 1.54) is 18.3 Å². The van der Waals surface area contributed by atoms with Crippen LogP contribution in [0.4, 0.5) is 5.69 Å². The van der Waals surface area contributed by atoms with Crippen LogP contribution in [0.25, 0.3) is 0 Å². The first-order valence-electron chi connectivity index (χ1n) is 16.8. The van der Waals surface area contributed by atoms with Crippen LogP contribution in [-0.2, 0) is 26.6 Å². The lowest BCUT2D eigenvalue weighted by molar-refractivity contribution is -0.189. The number of benzene rings is 3. The van der Waals surface area contributed by atoms with E-state index < -0.39 is 11.8 Å². The summed E-state index contributed by atoms with van der Waals surface area (Å²) in [5.41, 5.74) is 1.75. The van der Waals surface area contributed by atoms with Gasteiger partial charge in [0.1, 0.15) is 34.4 Å². The zero-order valence-electron chi connectivity index (χ0n) is 29.2. The van der Waals surface area contributed by atoms with Crippen LogP contribution in [0.3, 0.4) is 0 Å². The van der Waals surface area contributed by atoms with Crippen molar-refractivity contribution in [2.45, 2.75) is 25.4 Å². The maximum atomic E-state index is 11.6. The Morgan fingerprint density at radius 1 is 0.981 bits per heavy atom. The fraction of sp³-hybridized carbons (Fsp3) is 0.263. The summed E-state index contributed by atoms with van der Waals surface area (Å²) in [5.74, 6) is -1.51. The average Bonchev–Trinajstić information content (AvgIpc) is 3.83. The summed E-state index contributed by atoms with van der Waals surface area (Å²) >= 11 is 17.3. The molecule has 2 saturated heterocycles. The Kier molecular flexibility index (Phi) is 13.9. The number of imidazole rings is 1. The molecule has 2 unspecified atom stereocenters. The molecule has 284 valence electrons. The number of para-hydroxylation sites is 1. The van der Waals surface area contributed by atoms with E-state index in [4.69, 9.17) is 52.8 Å². The highest BCUT2D eigenvalue weighted by atomic mass is 35.5. The molecule has 2 aliphatic heterocycles. The highest BCUT2D eigenvalue weighted by molar-refractivity contribution is 7.71. The molecule has 0 saturated carbocycles. The predicted octanol–water partition coefficient (Wildman–Crippen LogP) is 6.75. The fourth-order valence-corrected chi connectivity index (χ4v) is 6.36. The van der Waals surface area contributed by atoms with Crippen LogP contribution >= 0.6 is 35.4 Å². The molecule has 0 radical (unpaired) electrons. The van der Waals surface area contributed by atoms with E-state index in [2.05, 4.69) is 22.1 Å². The zero-order chi connectivity index (χ0) is 38.7. The number of carboxylic acid groups (broad SMARTS) is 1. The minimum atomic E-state index is -1.11. The Balaban J connectivity index is 0.000000254. The Hall–Kier alpha value is -5.12. The number of carbonyl (C=O) groups is 2. The van der Waals surface area contributed by atoms with Gasteiger partial charge < -0.3 is 44.0 Å². The number of phenols is 1.